The van der Waals surface area contributed by atoms with Crippen molar-refractivity contribution in [3.8, 4) is 5.75 Å². The van der Waals surface area contributed by atoms with Crippen molar-refractivity contribution in [1.29, 1.82) is 0 Å². The largest absolute Gasteiger partial charge is 0.508 e. The second kappa shape index (κ2) is 6.57. The fourth-order valence-electron chi connectivity index (χ4n) is 3.18. The summed E-state index contributed by atoms with van der Waals surface area (Å²) in [6.07, 6.45) is 1.97. The zero-order valence-electron chi connectivity index (χ0n) is 13.5. The zero-order valence-corrected chi connectivity index (χ0v) is 14.4. The molecule has 3 nitrogen and oxygen atoms in total. The first-order chi connectivity index (χ1) is 11.5. The van der Waals surface area contributed by atoms with Crippen molar-refractivity contribution in [1.82, 2.24) is 0 Å². The Morgan fingerprint density at radius 3 is 2.42 bits per heavy atom. The van der Waals surface area contributed by atoms with Gasteiger partial charge in [0.15, 0.2) is 0 Å². The van der Waals surface area contributed by atoms with Gasteiger partial charge in [-0.1, -0.05) is 36.4 Å². The van der Waals surface area contributed by atoms with Crippen LogP contribution in [0.2, 0.25) is 0 Å². The van der Waals surface area contributed by atoms with Crippen LogP contribution < -0.4 is 0 Å². The molecule has 0 aromatic heterocycles. The van der Waals surface area contributed by atoms with Crippen LogP contribution in [-0.2, 0) is 4.79 Å². The van der Waals surface area contributed by atoms with Gasteiger partial charge in [-0.3, -0.25) is 4.79 Å². The summed E-state index contributed by atoms with van der Waals surface area (Å²) in [5, 5.41) is 19.1. The fraction of sp³-hybridized carbons (Fsp3) is 0.150. The van der Waals surface area contributed by atoms with Crippen LogP contribution in [0.1, 0.15) is 30.0 Å². The van der Waals surface area contributed by atoms with E-state index < -0.39 is 5.97 Å². The molecule has 0 unspecified atom stereocenters. The molecule has 0 heterocycles. The summed E-state index contributed by atoms with van der Waals surface area (Å²) in [4.78, 5) is 12.4. The number of phenols is 1. The number of carboxylic acids is 1. The van der Waals surface area contributed by atoms with Crippen molar-refractivity contribution in [2.75, 3.05) is 6.26 Å². The summed E-state index contributed by atoms with van der Waals surface area (Å²) in [5.41, 5.74) is 5.69. The minimum absolute atomic E-state index is 0.0533. The summed E-state index contributed by atoms with van der Waals surface area (Å²) < 4.78 is 0. The third-order valence-corrected chi connectivity index (χ3v) is 5.07. The molecular formula is C20H18O3S. The molecule has 4 heteroatoms. The molecule has 0 bridgehead atoms. The molecular weight excluding hydrogens is 320 g/mol. The minimum atomic E-state index is -0.870. The van der Waals surface area contributed by atoms with Crippen molar-refractivity contribution < 1.29 is 15.0 Å². The lowest BCUT2D eigenvalue weighted by Gasteiger charge is -2.12. The number of benzene rings is 2. The van der Waals surface area contributed by atoms with Gasteiger partial charge >= 0.3 is 5.97 Å². The molecule has 0 saturated heterocycles. The molecule has 122 valence electrons. The number of carbonyl (C=O) groups is 1. The number of phenolic OH excluding ortho intramolecular Hbond substituents is 1. The monoisotopic (exact) mass is 338 g/mol. The van der Waals surface area contributed by atoms with Crippen molar-refractivity contribution in [2.45, 2.75) is 13.3 Å². The van der Waals surface area contributed by atoms with Gasteiger partial charge in [0.1, 0.15) is 5.75 Å². The van der Waals surface area contributed by atoms with Crippen molar-refractivity contribution in [3.05, 3.63) is 70.8 Å². The molecule has 1 aliphatic rings. The summed E-state index contributed by atoms with van der Waals surface area (Å²) in [6, 6.07) is 15.3. The number of hydrogen-bond acceptors (Lipinski definition) is 3. The number of fused-ring (bicyclic) bond motifs is 1. The Labute approximate surface area is 145 Å². The Kier molecular flexibility index (Phi) is 4.49. The van der Waals surface area contributed by atoms with E-state index in [0.717, 1.165) is 38.3 Å². The van der Waals surface area contributed by atoms with Gasteiger partial charge in [-0.15, -0.1) is 11.8 Å². The van der Waals surface area contributed by atoms with Crippen LogP contribution in [-0.4, -0.2) is 22.4 Å². The minimum Gasteiger partial charge on any atom is -0.508 e. The van der Waals surface area contributed by atoms with E-state index >= 15 is 0 Å². The Balaban J connectivity index is 2.30. The average molecular weight is 338 g/mol. The van der Waals surface area contributed by atoms with Crippen molar-refractivity contribution in [2.24, 2.45) is 0 Å². The maximum absolute atomic E-state index is 11.3. The highest BCUT2D eigenvalue weighted by Crippen LogP contribution is 2.49. The molecule has 0 radical (unpaired) electrons. The van der Waals surface area contributed by atoms with Crippen LogP contribution in [0, 0.1) is 0 Å². The third-order valence-electron chi connectivity index (χ3n) is 4.22. The fourth-order valence-corrected chi connectivity index (χ4v) is 4.02. The van der Waals surface area contributed by atoms with Crippen LogP contribution in [0.15, 0.2) is 54.1 Å². The van der Waals surface area contributed by atoms with Gasteiger partial charge in [0.25, 0.3) is 0 Å². The van der Waals surface area contributed by atoms with Crippen LogP contribution in [0.4, 0.5) is 0 Å². The third kappa shape index (κ3) is 2.85. The predicted octanol–water partition coefficient (Wildman–Crippen LogP) is 4.89. The summed E-state index contributed by atoms with van der Waals surface area (Å²) in [5.74, 6) is -0.721. The Bertz CT molecular complexity index is 864. The van der Waals surface area contributed by atoms with Crippen molar-refractivity contribution in [3.63, 3.8) is 0 Å². The van der Waals surface area contributed by atoms with E-state index in [-0.39, 0.29) is 12.2 Å². The second-order valence-electron chi connectivity index (χ2n) is 5.68. The Morgan fingerprint density at radius 2 is 1.79 bits per heavy atom. The summed E-state index contributed by atoms with van der Waals surface area (Å²) in [6.45, 7) is 1.96. The maximum atomic E-state index is 11.3. The summed E-state index contributed by atoms with van der Waals surface area (Å²) in [7, 11) is 0. The first kappa shape index (κ1) is 16.4. The topological polar surface area (TPSA) is 57.5 Å². The number of allylic oxidation sites excluding steroid dienone is 2. The van der Waals surface area contributed by atoms with Crippen LogP contribution in [0.3, 0.4) is 0 Å². The van der Waals surface area contributed by atoms with Crippen LogP contribution >= 0.6 is 11.8 Å². The molecule has 3 rings (SSSR count). The lowest BCUT2D eigenvalue weighted by Crippen LogP contribution is -1.96. The van der Waals surface area contributed by atoms with Crippen LogP contribution in [0.5, 0.6) is 5.75 Å². The number of rotatable bonds is 4. The molecule has 0 saturated carbocycles. The van der Waals surface area contributed by atoms with Gasteiger partial charge in [-0.2, -0.15) is 0 Å². The second-order valence-corrected chi connectivity index (χ2v) is 6.49. The first-order valence-electron chi connectivity index (χ1n) is 7.62. The van der Waals surface area contributed by atoms with Gasteiger partial charge in [0, 0.05) is 4.91 Å². The maximum Gasteiger partial charge on any atom is 0.307 e. The van der Waals surface area contributed by atoms with E-state index in [4.69, 9.17) is 0 Å². The van der Waals surface area contributed by atoms with E-state index in [0.29, 0.717) is 0 Å². The number of aliphatic carboxylic acids is 1. The van der Waals surface area contributed by atoms with E-state index in [9.17, 15) is 15.0 Å². The number of aromatic hydroxyl groups is 1. The van der Waals surface area contributed by atoms with E-state index in [1.54, 1.807) is 23.9 Å². The standard InChI is InChI=1S/C20H18O3S/c1-12-16(11-18(22)23)17-10-14(21)8-9-15(17)19(12)20(24-2)13-6-4-3-5-7-13/h3-10,21H,11H2,1-2H3,(H,22,23). The number of carboxylic acid groups (broad SMARTS) is 1. The van der Waals surface area contributed by atoms with Gasteiger partial charge in [0.2, 0.25) is 0 Å². The van der Waals surface area contributed by atoms with E-state index in [1.807, 2.05) is 37.4 Å². The quantitative estimate of drug-likeness (QED) is 0.834. The highest BCUT2D eigenvalue weighted by Gasteiger charge is 2.28. The summed E-state index contributed by atoms with van der Waals surface area (Å²) >= 11 is 1.65. The van der Waals surface area contributed by atoms with E-state index in [1.165, 1.54) is 0 Å². The number of thioether (sulfide) groups is 1. The highest BCUT2D eigenvalue weighted by atomic mass is 32.2. The van der Waals surface area contributed by atoms with Gasteiger partial charge in [0.05, 0.1) is 6.42 Å². The van der Waals surface area contributed by atoms with Gasteiger partial charge in [-0.25, -0.2) is 0 Å². The first-order valence-corrected chi connectivity index (χ1v) is 8.84. The van der Waals surface area contributed by atoms with Crippen LogP contribution in [0.25, 0.3) is 16.1 Å². The lowest BCUT2D eigenvalue weighted by molar-refractivity contribution is -0.135. The van der Waals surface area contributed by atoms with Crippen molar-refractivity contribution >= 4 is 33.8 Å². The normalized spacial score (nSPS) is 15.4. The molecule has 0 spiro atoms. The zero-order chi connectivity index (χ0) is 17.3. The van der Waals surface area contributed by atoms with E-state index in [2.05, 4.69) is 12.1 Å². The predicted molar refractivity (Wildman–Crippen MR) is 99.7 cm³/mol. The molecule has 2 N–H and O–H groups in total. The highest BCUT2D eigenvalue weighted by molar-refractivity contribution is 8.08. The Morgan fingerprint density at radius 1 is 1.08 bits per heavy atom. The molecule has 1 aliphatic carbocycles. The van der Waals surface area contributed by atoms with Gasteiger partial charge < -0.3 is 10.2 Å². The Hall–Kier alpha value is -2.46. The molecule has 0 aliphatic heterocycles. The smallest absolute Gasteiger partial charge is 0.307 e. The number of hydrogen-bond donors (Lipinski definition) is 2. The molecule has 2 aromatic rings. The molecule has 2 aromatic carbocycles. The van der Waals surface area contributed by atoms with Gasteiger partial charge in [-0.05, 0) is 58.7 Å². The molecule has 0 fully saturated rings. The molecule has 0 amide bonds. The molecule has 0 atom stereocenters. The molecule has 24 heavy (non-hydrogen) atoms. The SMILES string of the molecule is CSC(=C1C(C)=C(CC(=O)O)c2cc(O)ccc21)c1ccccc1. The average Bonchev–Trinajstić information content (AvgIpc) is 2.82. The lowest BCUT2D eigenvalue weighted by atomic mass is 10.00.